The SMILES string of the molecule is Nc1cc(S(=O)(=O)NCCN2CCCC2)ccn1. The Balaban J connectivity index is 1.90. The minimum atomic E-state index is -3.47. The Bertz CT molecular complexity index is 498. The van der Waals surface area contributed by atoms with Crippen LogP contribution in [0.15, 0.2) is 23.2 Å². The van der Waals surface area contributed by atoms with Gasteiger partial charge in [0.25, 0.3) is 0 Å². The van der Waals surface area contributed by atoms with Gasteiger partial charge in [-0.25, -0.2) is 18.1 Å². The van der Waals surface area contributed by atoms with Crippen molar-refractivity contribution < 1.29 is 8.42 Å². The number of aromatic nitrogens is 1. The lowest BCUT2D eigenvalue weighted by atomic mass is 10.4. The first-order valence-electron chi connectivity index (χ1n) is 6.01. The molecule has 100 valence electrons. The van der Waals surface area contributed by atoms with Gasteiger partial charge in [-0.1, -0.05) is 0 Å². The van der Waals surface area contributed by atoms with E-state index in [0.29, 0.717) is 6.54 Å². The molecule has 0 radical (unpaired) electrons. The summed E-state index contributed by atoms with van der Waals surface area (Å²) in [5.74, 6) is 0.206. The van der Waals surface area contributed by atoms with Gasteiger partial charge >= 0.3 is 0 Å². The van der Waals surface area contributed by atoms with E-state index in [2.05, 4.69) is 14.6 Å². The van der Waals surface area contributed by atoms with Gasteiger partial charge in [0.2, 0.25) is 10.0 Å². The molecule has 18 heavy (non-hydrogen) atoms. The number of hydrogen-bond acceptors (Lipinski definition) is 5. The van der Waals surface area contributed by atoms with Crippen LogP contribution < -0.4 is 10.5 Å². The van der Waals surface area contributed by atoms with Crippen LogP contribution in [0, 0.1) is 0 Å². The van der Waals surface area contributed by atoms with Crippen molar-refractivity contribution in [3.8, 4) is 0 Å². The zero-order chi connectivity index (χ0) is 13.0. The Hall–Kier alpha value is -1.18. The number of pyridine rings is 1. The highest BCUT2D eigenvalue weighted by Gasteiger charge is 2.16. The van der Waals surface area contributed by atoms with Crippen LogP contribution in [-0.4, -0.2) is 44.5 Å². The lowest BCUT2D eigenvalue weighted by Gasteiger charge is -2.14. The number of nitrogen functional groups attached to an aromatic ring is 1. The summed E-state index contributed by atoms with van der Waals surface area (Å²) in [5, 5.41) is 0. The molecule has 2 rings (SSSR count). The Kier molecular flexibility index (Phi) is 4.15. The van der Waals surface area contributed by atoms with Crippen LogP contribution in [0.25, 0.3) is 0 Å². The number of nitrogens with two attached hydrogens (primary N) is 1. The smallest absolute Gasteiger partial charge is 0.240 e. The zero-order valence-electron chi connectivity index (χ0n) is 10.2. The van der Waals surface area contributed by atoms with Gasteiger partial charge < -0.3 is 10.6 Å². The highest BCUT2D eigenvalue weighted by molar-refractivity contribution is 7.89. The molecular formula is C11H18N4O2S. The first kappa shape index (κ1) is 13.3. The monoisotopic (exact) mass is 270 g/mol. The summed E-state index contributed by atoms with van der Waals surface area (Å²) in [6.45, 7) is 3.29. The second-order valence-electron chi connectivity index (χ2n) is 4.36. The second kappa shape index (κ2) is 5.64. The van der Waals surface area contributed by atoms with Gasteiger partial charge in [-0.3, -0.25) is 0 Å². The van der Waals surface area contributed by atoms with Gasteiger partial charge in [-0.05, 0) is 32.0 Å². The molecule has 0 bridgehead atoms. The Morgan fingerprint density at radius 3 is 2.78 bits per heavy atom. The van der Waals surface area contributed by atoms with Crippen molar-refractivity contribution in [2.75, 3.05) is 31.9 Å². The summed E-state index contributed by atoms with van der Waals surface area (Å²) in [6.07, 6.45) is 3.80. The second-order valence-corrected chi connectivity index (χ2v) is 6.13. The van der Waals surface area contributed by atoms with Crippen LogP contribution >= 0.6 is 0 Å². The average molecular weight is 270 g/mol. The molecule has 0 unspecified atom stereocenters. The van der Waals surface area contributed by atoms with Crippen molar-refractivity contribution in [3.05, 3.63) is 18.3 Å². The van der Waals surface area contributed by atoms with Crippen molar-refractivity contribution in [2.24, 2.45) is 0 Å². The van der Waals surface area contributed by atoms with Crippen LogP contribution in [0.5, 0.6) is 0 Å². The third-order valence-corrected chi connectivity index (χ3v) is 4.44. The fourth-order valence-corrected chi connectivity index (χ4v) is 3.07. The van der Waals surface area contributed by atoms with Crippen molar-refractivity contribution in [2.45, 2.75) is 17.7 Å². The summed E-state index contributed by atoms with van der Waals surface area (Å²) in [7, 11) is -3.47. The van der Waals surface area contributed by atoms with E-state index in [9.17, 15) is 8.42 Å². The number of rotatable bonds is 5. The van der Waals surface area contributed by atoms with Crippen LogP contribution in [0.1, 0.15) is 12.8 Å². The molecule has 1 aliphatic rings. The zero-order valence-corrected chi connectivity index (χ0v) is 11.0. The molecule has 1 saturated heterocycles. The predicted octanol–water partition coefficient (Wildman–Crippen LogP) is 0.0379. The molecule has 3 N–H and O–H groups in total. The summed E-state index contributed by atoms with van der Waals surface area (Å²) >= 11 is 0. The molecule has 2 heterocycles. The number of nitrogens with one attached hydrogen (secondary N) is 1. The van der Waals surface area contributed by atoms with Crippen molar-refractivity contribution >= 4 is 15.8 Å². The van der Waals surface area contributed by atoms with Gasteiger partial charge in [0.05, 0.1) is 4.90 Å². The molecule has 7 heteroatoms. The molecule has 0 amide bonds. The van der Waals surface area contributed by atoms with Gasteiger partial charge in [-0.15, -0.1) is 0 Å². The van der Waals surface area contributed by atoms with E-state index in [1.54, 1.807) is 0 Å². The summed E-state index contributed by atoms with van der Waals surface area (Å²) in [5.41, 5.74) is 5.47. The summed E-state index contributed by atoms with van der Waals surface area (Å²) < 4.78 is 26.5. The van der Waals surface area contributed by atoms with Crippen LogP contribution in [0.4, 0.5) is 5.82 Å². The minimum absolute atomic E-state index is 0.163. The maximum absolute atomic E-state index is 11.9. The molecule has 1 aromatic heterocycles. The molecular weight excluding hydrogens is 252 g/mol. The largest absolute Gasteiger partial charge is 0.384 e. The molecule has 0 saturated carbocycles. The molecule has 0 atom stereocenters. The molecule has 0 aliphatic carbocycles. The number of sulfonamides is 1. The number of hydrogen-bond donors (Lipinski definition) is 2. The normalized spacial score (nSPS) is 17.1. The third kappa shape index (κ3) is 3.41. The Labute approximate surface area is 107 Å². The maximum Gasteiger partial charge on any atom is 0.240 e. The maximum atomic E-state index is 11.9. The van der Waals surface area contributed by atoms with Crippen molar-refractivity contribution in [3.63, 3.8) is 0 Å². The fourth-order valence-electron chi connectivity index (χ4n) is 2.02. The van der Waals surface area contributed by atoms with Crippen LogP contribution in [-0.2, 0) is 10.0 Å². The van der Waals surface area contributed by atoms with Gasteiger partial charge in [0, 0.05) is 25.4 Å². The topological polar surface area (TPSA) is 88.3 Å². The van der Waals surface area contributed by atoms with Gasteiger partial charge in [0.15, 0.2) is 0 Å². The number of likely N-dealkylation sites (tertiary alicyclic amines) is 1. The lowest BCUT2D eigenvalue weighted by molar-refractivity contribution is 0.344. The quantitative estimate of drug-likeness (QED) is 0.788. The van der Waals surface area contributed by atoms with Crippen molar-refractivity contribution in [1.29, 1.82) is 0 Å². The standard InChI is InChI=1S/C11H18N4O2S/c12-11-9-10(3-4-13-11)18(16,17)14-5-8-15-6-1-2-7-15/h3-4,9,14H,1-2,5-8H2,(H2,12,13). The molecule has 1 aliphatic heterocycles. The van der Waals surface area contributed by atoms with E-state index in [0.717, 1.165) is 19.6 Å². The highest BCUT2D eigenvalue weighted by Crippen LogP contribution is 2.10. The van der Waals surface area contributed by atoms with E-state index in [1.807, 2.05) is 0 Å². The Morgan fingerprint density at radius 2 is 2.11 bits per heavy atom. The summed E-state index contributed by atoms with van der Waals surface area (Å²) in [4.78, 5) is 6.19. The van der Waals surface area contributed by atoms with E-state index in [4.69, 9.17) is 5.73 Å². The average Bonchev–Trinajstić information content (AvgIpc) is 2.82. The summed E-state index contributed by atoms with van der Waals surface area (Å²) in [6, 6.07) is 2.80. The third-order valence-electron chi connectivity index (χ3n) is 2.98. The lowest BCUT2D eigenvalue weighted by Crippen LogP contribution is -2.33. The van der Waals surface area contributed by atoms with E-state index in [-0.39, 0.29) is 10.7 Å². The van der Waals surface area contributed by atoms with Crippen molar-refractivity contribution in [1.82, 2.24) is 14.6 Å². The van der Waals surface area contributed by atoms with E-state index >= 15 is 0 Å². The van der Waals surface area contributed by atoms with E-state index in [1.165, 1.54) is 31.2 Å². The first-order valence-corrected chi connectivity index (χ1v) is 7.50. The van der Waals surface area contributed by atoms with Gasteiger partial charge in [-0.2, -0.15) is 0 Å². The number of anilines is 1. The molecule has 1 fully saturated rings. The first-order chi connectivity index (χ1) is 8.58. The molecule has 1 aromatic rings. The Morgan fingerprint density at radius 1 is 1.39 bits per heavy atom. The molecule has 6 nitrogen and oxygen atoms in total. The number of nitrogens with zero attached hydrogens (tertiary/aromatic N) is 2. The van der Waals surface area contributed by atoms with Crippen LogP contribution in [0.2, 0.25) is 0 Å². The predicted molar refractivity (Wildman–Crippen MR) is 69.5 cm³/mol. The van der Waals surface area contributed by atoms with E-state index < -0.39 is 10.0 Å². The fraction of sp³-hybridized carbons (Fsp3) is 0.545. The molecule has 0 aromatic carbocycles. The minimum Gasteiger partial charge on any atom is -0.384 e. The molecule has 0 spiro atoms. The van der Waals surface area contributed by atoms with Gasteiger partial charge in [0.1, 0.15) is 5.82 Å². The van der Waals surface area contributed by atoms with Crippen LogP contribution in [0.3, 0.4) is 0 Å². The highest BCUT2D eigenvalue weighted by atomic mass is 32.2.